The average Bonchev–Trinajstić information content (AvgIpc) is 3.09. The molecule has 0 atom stereocenters. The third-order valence-electron chi connectivity index (χ3n) is 2.88. The van der Waals surface area contributed by atoms with Gasteiger partial charge in [-0.3, -0.25) is 0 Å². The number of aliphatic hydroxyl groups is 1. The zero-order chi connectivity index (χ0) is 12.4. The van der Waals surface area contributed by atoms with Crippen LogP contribution in [0.2, 0.25) is 5.02 Å². The smallest absolute Gasteiger partial charge is 0.105 e. The molecular formula is C12H15ClN2OS. The first-order valence-corrected chi connectivity index (χ1v) is 6.39. The molecule has 0 aromatic heterocycles. The number of benzene rings is 1. The molecule has 0 amide bonds. The monoisotopic (exact) mass is 270 g/mol. The first kappa shape index (κ1) is 12.6. The van der Waals surface area contributed by atoms with Crippen molar-refractivity contribution in [2.75, 3.05) is 18.1 Å². The van der Waals surface area contributed by atoms with E-state index in [1.165, 1.54) is 12.8 Å². The van der Waals surface area contributed by atoms with E-state index in [0.717, 1.165) is 5.69 Å². The second-order valence-electron chi connectivity index (χ2n) is 4.18. The summed E-state index contributed by atoms with van der Waals surface area (Å²) in [6.07, 6.45) is 2.35. The summed E-state index contributed by atoms with van der Waals surface area (Å²) >= 11 is 11.1. The highest BCUT2D eigenvalue weighted by molar-refractivity contribution is 7.80. The fraction of sp³-hybridized carbons (Fsp3) is 0.417. The molecule has 1 fully saturated rings. The van der Waals surface area contributed by atoms with E-state index in [1.54, 1.807) is 0 Å². The maximum absolute atomic E-state index is 9.07. The lowest BCUT2D eigenvalue weighted by atomic mass is 10.2. The maximum atomic E-state index is 9.07. The van der Waals surface area contributed by atoms with Gasteiger partial charge in [-0.25, -0.2) is 0 Å². The van der Waals surface area contributed by atoms with Crippen molar-refractivity contribution in [3.63, 3.8) is 0 Å². The van der Waals surface area contributed by atoms with Crippen molar-refractivity contribution < 1.29 is 5.11 Å². The highest BCUT2D eigenvalue weighted by Gasteiger charge is 2.29. The number of thiocarbonyl (C=S) groups is 1. The number of aliphatic hydroxyl groups excluding tert-OH is 1. The summed E-state index contributed by atoms with van der Waals surface area (Å²) in [5.41, 5.74) is 7.28. The molecule has 2 rings (SSSR count). The third-order valence-corrected chi connectivity index (χ3v) is 3.41. The van der Waals surface area contributed by atoms with E-state index < -0.39 is 0 Å². The Labute approximate surface area is 111 Å². The van der Waals surface area contributed by atoms with Gasteiger partial charge in [0.25, 0.3) is 0 Å². The topological polar surface area (TPSA) is 49.5 Å². The zero-order valence-electron chi connectivity index (χ0n) is 9.40. The van der Waals surface area contributed by atoms with Gasteiger partial charge in [0.1, 0.15) is 4.99 Å². The molecule has 92 valence electrons. The molecule has 0 saturated heterocycles. The molecule has 17 heavy (non-hydrogen) atoms. The second-order valence-corrected chi connectivity index (χ2v) is 5.02. The summed E-state index contributed by atoms with van der Waals surface area (Å²) in [6.45, 7) is 0.776. The Kier molecular flexibility index (Phi) is 3.86. The minimum absolute atomic E-state index is 0.144. The molecule has 1 aliphatic rings. The van der Waals surface area contributed by atoms with E-state index in [4.69, 9.17) is 34.7 Å². The summed E-state index contributed by atoms with van der Waals surface area (Å²) in [5, 5.41) is 9.64. The average molecular weight is 271 g/mol. The molecule has 1 aromatic carbocycles. The van der Waals surface area contributed by atoms with Crippen molar-refractivity contribution in [1.29, 1.82) is 0 Å². The maximum Gasteiger partial charge on any atom is 0.105 e. The normalized spacial score (nSPS) is 14.7. The Morgan fingerprint density at radius 1 is 1.53 bits per heavy atom. The van der Waals surface area contributed by atoms with Crippen LogP contribution in [0.5, 0.6) is 0 Å². The van der Waals surface area contributed by atoms with Crippen LogP contribution in [0.4, 0.5) is 5.69 Å². The predicted molar refractivity (Wildman–Crippen MR) is 74.8 cm³/mol. The van der Waals surface area contributed by atoms with Gasteiger partial charge < -0.3 is 15.7 Å². The molecule has 0 bridgehead atoms. The van der Waals surface area contributed by atoms with E-state index in [-0.39, 0.29) is 6.61 Å². The molecule has 3 nitrogen and oxygen atoms in total. The summed E-state index contributed by atoms with van der Waals surface area (Å²) in [7, 11) is 0. The number of hydrogen-bond donors (Lipinski definition) is 2. The number of anilines is 1. The molecule has 1 saturated carbocycles. The number of rotatable bonds is 5. The van der Waals surface area contributed by atoms with Gasteiger partial charge in [0.15, 0.2) is 0 Å². The molecule has 3 N–H and O–H groups in total. The van der Waals surface area contributed by atoms with E-state index in [1.807, 2.05) is 18.2 Å². The van der Waals surface area contributed by atoms with Gasteiger partial charge in [-0.2, -0.15) is 0 Å². The van der Waals surface area contributed by atoms with Crippen molar-refractivity contribution in [3.05, 3.63) is 28.8 Å². The van der Waals surface area contributed by atoms with E-state index in [9.17, 15) is 0 Å². The highest BCUT2D eigenvalue weighted by Crippen LogP contribution is 2.33. The van der Waals surface area contributed by atoms with Gasteiger partial charge in [-0.05, 0) is 31.0 Å². The Morgan fingerprint density at radius 3 is 2.71 bits per heavy atom. The predicted octanol–water partition coefficient (Wildman–Crippen LogP) is 1.94. The highest BCUT2D eigenvalue weighted by atomic mass is 35.5. The molecular weight excluding hydrogens is 256 g/mol. The van der Waals surface area contributed by atoms with E-state index in [2.05, 4.69) is 4.90 Å². The van der Waals surface area contributed by atoms with Gasteiger partial charge in [0, 0.05) is 23.8 Å². The molecule has 1 aliphatic carbocycles. The molecule has 0 spiro atoms. The van der Waals surface area contributed by atoms with Gasteiger partial charge >= 0.3 is 0 Å². The van der Waals surface area contributed by atoms with Crippen LogP contribution in [0.25, 0.3) is 0 Å². The van der Waals surface area contributed by atoms with Crippen molar-refractivity contribution in [2.24, 2.45) is 5.73 Å². The van der Waals surface area contributed by atoms with Crippen LogP contribution in [-0.4, -0.2) is 29.3 Å². The Bertz CT molecular complexity index is 435. The second kappa shape index (κ2) is 5.21. The van der Waals surface area contributed by atoms with Crippen molar-refractivity contribution in [1.82, 2.24) is 0 Å². The Hall–Kier alpha value is -0.840. The zero-order valence-corrected chi connectivity index (χ0v) is 11.0. The quantitative estimate of drug-likeness (QED) is 0.803. The van der Waals surface area contributed by atoms with Crippen molar-refractivity contribution in [3.8, 4) is 0 Å². The van der Waals surface area contributed by atoms with Crippen LogP contribution in [0.3, 0.4) is 0 Å². The fourth-order valence-electron chi connectivity index (χ4n) is 1.90. The minimum atomic E-state index is 0.144. The molecule has 5 heteroatoms. The lowest BCUT2D eigenvalue weighted by molar-refractivity contribution is 0.301. The standard InChI is InChI=1S/C12H15ClN2OS/c13-11-7-9(3-4-10(11)12(14)17)15(5-6-16)8-1-2-8/h3-4,7-8,16H,1-2,5-6H2,(H2,14,17). The van der Waals surface area contributed by atoms with Gasteiger partial charge in [-0.1, -0.05) is 23.8 Å². The van der Waals surface area contributed by atoms with Gasteiger partial charge in [-0.15, -0.1) is 0 Å². The molecule has 0 heterocycles. The Balaban J connectivity index is 2.25. The summed E-state index contributed by atoms with van der Waals surface area (Å²) in [5.74, 6) is 0. The number of nitrogens with two attached hydrogens (primary N) is 1. The first-order chi connectivity index (χ1) is 8.13. The Morgan fingerprint density at radius 2 is 2.24 bits per heavy atom. The van der Waals surface area contributed by atoms with E-state index in [0.29, 0.717) is 28.2 Å². The van der Waals surface area contributed by atoms with Crippen LogP contribution >= 0.6 is 23.8 Å². The largest absolute Gasteiger partial charge is 0.395 e. The summed E-state index contributed by atoms with van der Waals surface area (Å²) < 4.78 is 0. The lowest BCUT2D eigenvalue weighted by Gasteiger charge is -2.24. The van der Waals surface area contributed by atoms with Crippen LogP contribution in [0, 0.1) is 0 Å². The van der Waals surface area contributed by atoms with E-state index >= 15 is 0 Å². The molecule has 0 unspecified atom stereocenters. The molecule has 1 aromatic rings. The van der Waals surface area contributed by atoms with Crippen LogP contribution in [-0.2, 0) is 0 Å². The molecule has 0 radical (unpaired) electrons. The van der Waals surface area contributed by atoms with Crippen molar-refractivity contribution in [2.45, 2.75) is 18.9 Å². The number of hydrogen-bond acceptors (Lipinski definition) is 3. The lowest BCUT2D eigenvalue weighted by Crippen LogP contribution is -2.28. The SMILES string of the molecule is NC(=S)c1ccc(N(CCO)C2CC2)cc1Cl. The number of nitrogens with zero attached hydrogens (tertiary/aromatic N) is 1. The van der Waals surface area contributed by atoms with Gasteiger partial charge in [0.05, 0.1) is 11.6 Å². The van der Waals surface area contributed by atoms with Crippen molar-refractivity contribution >= 4 is 34.5 Å². The van der Waals surface area contributed by atoms with Crippen LogP contribution in [0.15, 0.2) is 18.2 Å². The summed E-state index contributed by atoms with van der Waals surface area (Å²) in [6, 6.07) is 6.19. The van der Waals surface area contributed by atoms with Gasteiger partial charge in [0.2, 0.25) is 0 Å². The minimum Gasteiger partial charge on any atom is -0.395 e. The molecule has 0 aliphatic heterocycles. The van der Waals surface area contributed by atoms with Crippen LogP contribution in [0.1, 0.15) is 18.4 Å². The summed E-state index contributed by atoms with van der Waals surface area (Å²) in [4.78, 5) is 2.48. The number of halogens is 1. The van der Waals surface area contributed by atoms with Crippen LogP contribution < -0.4 is 10.6 Å². The fourth-order valence-corrected chi connectivity index (χ4v) is 2.41. The third kappa shape index (κ3) is 2.89. The first-order valence-electron chi connectivity index (χ1n) is 5.60.